The predicted molar refractivity (Wildman–Crippen MR) is 154 cm³/mol. The first-order valence-electron chi connectivity index (χ1n) is 16.0. The molecule has 0 radical (unpaired) electrons. The zero-order chi connectivity index (χ0) is 24.5. The van der Waals surface area contributed by atoms with E-state index in [0.717, 1.165) is 0 Å². The SMILES string of the molecule is CCCCCCCCCCCCCCN1C=CN(CCCCCCCCCC)C1CCCCC. The standard InChI is InChI=1S/C32H64N2/c1-4-7-10-12-14-16-17-18-19-21-23-26-29-34-31-30-33(32(34)27-24-9-6-3)28-25-22-20-15-13-11-8-5-2/h30-32H,4-29H2,1-3H3. The fraction of sp³-hybridized carbons (Fsp3) is 0.938. The van der Waals surface area contributed by atoms with Crippen LogP contribution in [0.3, 0.4) is 0 Å². The molecule has 1 atom stereocenters. The average molecular weight is 477 g/mol. The van der Waals surface area contributed by atoms with Gasteiger partial charge in [0.15, 0.2) is 0 Å². The van der Waals surface area contributed by atoms with Crippen molar-refractivity contribution in [3.63, 3.8) is 0 Å². The Balaban J connectivity index is 2.12. The lowest BCUT2D eigenvalue weighted by Gasteiger charge is -2.33. The van der Waals surface area contributed by atoms with E-state index in [-0.39, 0.29) is 0 Å². The molecule has 0 spiro atoms. The molecule has 0 fully saturated rings. The summed E-state index contributed by atoms with van der Waals surface area (Å²) in [6.07, 6.45) is 39.5. The van der Waals surface area contributed by atoms with Gasteiger partial charge in [0, 0.05) is 25.5 Å². The van der Waals surface area contributed by atoms with Gasteiger partial charge in [0.25, 0.3) is 0 Å². The van der Waals surface area contributed by atoms with Gasteiger partial charge in [-0.2, -0.15) is 0 Å². The van der Waals surface area contributed by atoms with E-state index in [2.05, 4.69) is 43.0 Å². The van der Waals surface area contributed by atoms with Crippen molar-refractivity contribution in [2.24, 2.45) is 0 Å². The van der Waals surface area contributed by atoms with E-state index in [1.54, 1.807) is 0 Å². The molecule has 1 aliphatic heterocycles. The Morgan fingerprint density at radius 2 is 0.676 bits per heavy atom. The maximum absolute atomic E-state index is 2.68. The molecule has 0 N–H and O–H groups in total. The van der Waals surface area contributed by atoms with Crippen LogP contribution in [-0.4, -0.2) is 29.1 Å². The van der Waals surface area contributed by atoms with Crippen molar-refractivity contribution in [2.45, 2.75) is 181 Å². The van der Waals surface area contributed by atoms with Crippen LogP contribution in [0.5, 0.6) is 0 Å². The smallest absolute Gasteiger partial charge is 0.101 e. The summed E-state index contributed by atoms with van der Waals surface area (Å²) in [5, 5.41) is 0. The van der Waals surface area contributed by atoms with Crippen LogP contribution in [0.15, 0.2) is 12.4 Å². The largest absolute Gasteiger partial charge is 0.356 e. The quantitative estimate of drug-likeness (QED) is 0.114. The Morgan fingerprint density at radius 1 is 0.382 bits per heavy atom. The molecule has 2 heteroatoms. The Labute approximate surface area is 216 Å². The van der Waals surface area contributed by atoms with Gasteiger partial charge in [0.2, 0.25) is 0 Å². The van der Waals surface area contributed by atoms with Crippen LogP contribution in [0.2, 0.25) is 0 Å². The van der Waals surface area contributed by atoms with Crippen LogP contribution in [-0.2, 0) is 0 Å². The Morgan fingerprint density at radius 3 is 1.03 bits per heavy atom. The molecule has 34 heavy (non-hydrogen) atoms. The molecule has 1 aliphatic rings. The molecule has 0 amide bonds. The topological polar surface area (TPSA) is 6.48 Å². The average Bonchev–Trinajstić information content (AvgIpc) is 3.23. The number of nitrogens with zero attached hydrogens (tertiary/aromatic N) is 2. The van der Waals surface area contributed by atoms with Crippen LogP contribution in [0.1, 0.15) is 175 Å². The summed E-state index contributed by atoms with van der Waals surface area (Å²) < 4.78 is 0. The van der Waals surface area contributed by atoms with Crippen LogP contribution in [0.4, 0.5) is 0 Å². The maximum Gasteiger partial charge on any atom is 0.101 e. The molecule has 0 saturated heterocycles. The van der Waals surface area contributed by atoms with Crippen LogP contribution >= 0.6 is 0 Å². The summed E-state index contributed by atoms with van der Waals surface area (Å²) in [6, 6.07) is 0. The molecule has 0 aromatic heterocycles. The van der Waals surface area contributed by atoms with Crippen molar-refractivity contribution < 1.29 is 0 Å². The molecule has 0 aromatic carbocycles. The Hall–Kier alpha value is -0.660. The summed E-state index contributed by atoms with van der Waals surface area (Å²) in [5.74, 6) is 0. The first kappa shape index (κ1) is 31.4. The van der Waals surface area contributed by atoms with E-state index in [9.17, 15) is 0 Å². The molecule has 1 rings (SSSR count). The number of hydrogen-bond donors (Lipinski definition) is 0. The highest BCUT2D eigenvalue weighted by atomic mass is 15.4. The van der Waals surface area contributed by atoms with Gasteiger partial charge in [-0.1, -0.05) is 149 Å². The molecular weight excluding hydrogens is 412 g/mol. The molecule has 0 aromatic rings. The lowest BCUT2D eigenvalue weighted by Crippen LogP contribution is -2.39. The lowest BCUT2D eigenvalue weighted by molar-refractivity contribution is 0.135. The minimum atomic E-state index is 0.642. The van der Waals surface area contributed by atoms with E-state index >= 15 is 0 Å². The first-order chi connectivity index (χ1) is 16.8. The van der Waals surface area contributed by atoms with Crippen molar-refractivity contribution in [2.75, 3.05) is 13.1 Å². The van der Waals surface area contributed by atoms with Gasteiger partial charge in [-0.3, -0.25) is 0 Å². The second-order valence-corrected chi connectivity index (χ2v) is 11.1. The van der Waals surface area contributed by atoms with Gasteiger partial charge in [-0.05, 0) is 25.7 Å². The Bertz CT molecular complexity index is 433. The van der Waals surface area contributed by atoms with Gasteiger partial charge in [0.1, 0.15) is 6.17 Å². The summed E-state index contributed by atoms with van der Waals surface area (Å²) in [5.41, 5.74) is 0. The van der Waals surface area contributed by atoms with Gasteiger partial charge in [0.05, 0.1) is 0 Å². The summed E-state index contributed by atoms with van der Waals surface area (Å²) in [7, 11) is 0. The molecule has 0 aliphatic carbocycles. The van der Waals surface area contributed by atoms with Crippen LogP contribution < -0.4 is 0 Å². The lowest BCUT2D eigenvalue weighted by atomic mass is 10.1. The van der Waals surface area contributed by atoms with Crippen molar-refractivity contribution >= 4 is 0 Å². The molecule has 0 bridgehead atoms. The van der Waals surface area contributed by atoms with E-state index in [1.807, 2.05) is 0 Å². The third-order valence-corrected chi connectivity index (χ3v) is 7.82. The monoisotopic (exact) mass is 477 g/mol. The number of hydrogen-bond acceptors (Lipinski definition) is 2. The number of rotatable bonds is 26. The fourth-order valence-electron chi connectivity index (χ4n) is 5.48. The van der Waals surface area contributed by atoms with Gasteiger partial charge in [-0.25, -0.2) is 0 Å². The minimum absolute atomic E-state index is 0.642. The summed E-state index contributed by atoms with van der Waals surface area (Å²) >= 11 is 0. The zero-order valence-corrected chi connectivity index (χ0v) is 24.0. The molecular formula is C32H64N2. The van der Waals surface area contributed by atoms with Crippen LogP contribution in [0, 0.1) is 0 Å². The van der Waals surface area contributed by atoms with Crippen molar-refractivity contribution in [3.05, 3.63) is 12.4 Å². The zero-order valence-electron chi connectivity index (χ0n) is 24.0. The molecule has 1 heterocycles. The summed E-state index contributed by atoms with van der Waals surface area (Å²) in [6.45, 7) is 9.47. The molecule has 0 saturated carbocycles. The summed E-state index contributed by atoms with van der Waals surface area (Å²) in [4.78, 5) is 5.35. The highest BCUT2D eigenvalue weighted by Crippen LogP contribution is 2.23. The molecule has 202 valence electrons. The van der Waals surface area contributed by atoms with Crippen molar-refractivity contribution in [3.8, 4) is 0 Å². The van der Waals surface area contributed by atoms with Gasteiger partial charge >= 0.3 is 0 Å². The number of unbranched alkanes of at least 4 members (excludes halogenated alkanes) is 20. The maximum atomic E-state index is 2.68. The highest BCUT2D eigenvalue weighted by Gasteiger charge is 2.24. The molecule has 2 nitrogen and oxygen atoms in total. The third-order valence-electron chi connectivity index (χ3n) is 7.82. The van der Waals surface area contributed by atoms with Gasteiger partial charge < -0.3 is 9.80 Å². The Kier molecular flexibility index (Phi) is 22.2. The third kappa shape index (κ3) is 16.9. The van der Waals surface area contributed by atoms with E-state index in [1.165, 1.54) is 167 Å². The predicted octanol–water partition coefficient (Wildman–Crippen LogP) is 10.8. The van der Waals surface area contributed by atoms with E-state index in [0.29, 0.717) is 6.17 Å². The molecule has 1 unspecified atom stereocenters. The van der Waals surface area contributed by atoms with Crippen LogP contribution in [0.25, 0.3) is 0 Å². The fourth-order valence-corrected chi connectivity index (χ4v) is 5.48. The minimum Gasteiger partial charge on any atom is -0.356 e. The normalized spacial score (nSPS) is 15.7. The second-order valence-electron chi connectivity index (χ2n) is 11.1. The highest BCUT2D eigenvalue weighted by molar-refractivity contribution is 4.97. The van der Waals surface area contributed by atoms with E-state index < -0.39 is 0 Å². The van der Waals surface area contributed by atoms with E-state index in [4.69, 9.17) is 0 Å². The van der Waals surface area contributed by atoms with Gasteiger partial charge in [-0.15, -0.1) is 0 Å². The second kappa shape index (κ2) is 24.1. The van der Waals surface area contributed by atoms with Crippen molar-refractivity contribution in [1.82, 2.24) is 9.80 Å². The van der Waals surface area contributed by atoms with Crippen molar-refractivity contribution in [1.29, 1.82) is 0 Å². The first-order valence-corrected chi connectivity index (χ1v) is 16.0.